The van der Waals surface area contributed by atoms with Crippen LogP contribution in [0.25, 0.3) is 11.1 Å². The molecule has 0 aliphatic heterocycles. The third kappa shape index (κ3) is 6.55. The van der Waals surface area contributed by atoms with Gasteiger partial charge in [0.1, 0.15) is 0 Å². The summed E-state index contributed by atoms with van der Waals surface area (Å²) in [6, 6.07) is 16.6. The number of halogens is 2. The number of carbonyl (C=O) groups excluding carboxylic acids is 1. The van der Waals surface area contributed by atoms with Gasteiger partial charge in [-0.25, -0.2) is 20.2 Å². The molecule has 0 aliphatic carbocycles. The van der Waals surface area contributed by atoms with E-state index in [1.807, 2.05) is 42.5 Å². The minimum Gasteiger partial charge on any atom is -0.382 e. The van der Waals surface area contributed by atoms with Crippen molar-refractivity contribution in [1.82, 2.24) is 5.53 Å². The topological polar surface area (TPSA) is 106 Å². The van der Waals surface area contributed by atoms with E-state index < -0.39 is 11.6 Å². The van der Waals surface area contributed by atoms with Crippen molar-refractivity contribution in [3.05, 3.63) is 83.4 Å². The standard InChI is InChI=1S/C25H27F2N5OS/c1-25(2,3)34-22-11-9-16(17-6-4-5-7-18(17)24(28)31-32-29)14-21(22)30-23(33)13-15-8-10-19(26)20(27)12-15/h4-12,14,32H,13,29H2,1-3H3,(H2,28,31)(H,30,33). The number of hydrazine groups is 1. The quantitative estimate of drug-likeness (QED) is 0.127. The number of nitrogens with one attached hydrogen (secondary N) is 2. The maximum atomic E-state index is 13.6. The molecule has 0 saturated heterocycles. The van der Waals surface area contributed by atoms with Crippen molar-refractivity contribution in [2.45, 2.75) is 36.8 Å². The molecular weight excluding hydrogens is 456 g/mol. The Balaban J connectivity index is 1.98. The Bertz CT molecular complexity index is 1220. The lowest BCUT2D eigenvalue weighted by molar-refractivity contribution is -0.115. The summed E-state index contributed by atoms with van der Waals surface area (Å²) in [6.45, 7) is 6.22. The highest BCUT2D eigenvalue weighted by Gasteiger charge is 2.18. The van der Waals surface area contributed by atoms with Gasteiger partial charge in [0.2, 0.25) is 5.91 Å². The summed E-state index contributed by atoms with van der Waals surface area (Å²) in [6.07, 6.45) is -0.0978. The van der Waals surface area contributed by atoms with E-state index in [9.17, 15) is 13.6 Å². The molecule has 0 radical (unpaired) electrons. The number of hydrogen-bond acceptors (Lipinski definition) is 5. The highest BCUT2D eigenvalue weighted by Crippen LogP contribution is 2.39. The molecule has 3 aromatic rings. The Hall–Kier alpha value is -3.43. The summed E-state index contributed by atoms with van der Waals surface area (Å²) in [5.74, 6) is 3.21. The lowest BCUT2D eigenvalue weighted by Gasteiger charge is -2.21. The van der Waals surface area contributed by atoms with Gasteiger partial charge < -0.3 is 11.1 Å². The van der Waals surface area contributed by atoms with Gasteiger partial charge >= 0.3 is 0 Å². The van der Waals surface area contributed by atoms with E-state index in [2.05, 4.69) is 36.7 Å². The summed E-state index contributed by atoms with van der Waals surface area (Å²) >= 11 is 1.60. The predicted molar refractivity (Wildman–Crippen MR) is 134 cm³/mol. The lowest BCUT2D eigenvalue weighted by Crippen LogP contribution is -2.23. The molecule has 0 fully saturated rings. The van der Waals surface area contributed by atoms with Gasteiger partial charge in [0.05, 0.1) is 12.1 Å². The maximum Gasteiger partial charge on any atom is 0.228 e. The van der Waals surface area contributed by atoms with Gasteiger partial charge in [0, 0.05) is 15.2 Å². The van der Waals surface area contributed by atoms with Crippen molar-refractivity contribution >= 4 is 29.2 Å². The number of hydrogen-bond donors (Lipinski definition) is 4. The van der Waals surface area contributed by atoms with Crippen LogP contribution in [0.3, 0.4) is 0 Å². The van der Waals surface area contributed by atoms with Crippen LogP contribution in [-0.4, -0.2) is 16.5 Å². The second kappa shape index (κ2) is 10.7. The minimum absolute atomic E-state index is 0.0978. The van der Waals surface area contributed by atoms with Gasteiger partial charge in [-0.05, 0) is 41.0 Å². The lowest BCUT2D eigenvalue weighted by atomic mass is 9.98. The average molecular weight is 484 g/mol. The number of benzene rings is 3. The summed E-state index contributed by atoms with van der Waals surface area (Å²) in [5, 5.41) is 6.80. The van der Waals surface area contributed by atoms with Crippen LogP contribution in [0.4, 0.5) is 14.5 Å². The molecule has 0 aliphatic rings. The molecule has 0 unspecified atom stereocenters. The molecule has 9 heteroatoms. The monoisotopic (exact) mass is 483 g/mol. The Labute approximate surface area is 201 Å². The average Bonchev–Trinajstić information content (AvgIpc) is 2.77. The first kappa shape index (κ1) is 25.2. The van der Waals surface area contributed by atoms with Gasteiger partial charge in [-0.3, -0.25) is 4.79 Å². The number of amidine groups is 1. The molecule has 3 rings (SSSR count). The van der Waals surface area contributed by atoms with Crippen molar-refractivity contribution < 1.29 is 13.6 Å². The molecule has 6 nitrogen and oxygen atoms in total. The fraction of sp³-hybridized carbons (Fsp3) is 0.200. The number of nitrogens with zero attached hydrogens (tertiary/aromatic N) is 1. The van der Waals surface area contributed by atoms with E-state index in [0.29, 0.717) is 16.8 Å². The Morgan fingerprint density at radius 1 is 1.03 bits per heavy atom. The van der Waals surface area contributed by atoms with E-state index >= 15 is 0 Å². The summed E-state index contributed by atoms with van der Waals surface area (Å²) < 4.78 is 26.7. The smallest absolute Gasteiger partial charge is 0.228 e. The van der Waals surface area contributed by atoms with E-state index in [-0.39, 0.29) is 22.9 Å². The first-order valence-electron chi connectivity index (χ1n) is 10.5. The number of carbonyl (C=O) groups is 1. The molecule has 0 atom stereocenters. The van der Waals surface area contributed by atoms with Gasteiger partial charge in [-0.1, -0.05) is 57.2 Å². The highest BCUT2D eigenvalue weighted by molar-refractivity contribution is 8.00. The number of thioether (sulfide) groups is 1. The minimum atomic E-state index is -0.987. The zero-order chi connectivity index (χ0) is 24.9. The third-order valence-electron chi connectivity index (χ3n) is 4.72. The second-order valence-electron chi connectivity index (χ2n) is 8.57. The maximum absolute atomic E-state index is 13.6. The molecule has 178 valence electrons. The first-order chi connectivity index (χ1) is 16.1. The summed E-state index contributed by atoms with van der Waals surface area (Å²) in [5.41, 5.74) is 11.5. The molecule has 1 amide bonds. The molecule has 34 heavy (non-hydrogen) atoms. The largest absolute Gasteiger partial charge is 0.382 e. The highest BCUT2D eigenvalue weighted by atomic mass is 32.2. The van der Waals surface area contributed by atoms with E-state index in [4.69, 9.17) is 11.6 Å². The van der Waals surface area contributed by atoms with Crippen LogP contribution in [0.1, 0.15) is 31.9 Å². The molecule has 0 heterocycles. The SMILES string of the molecule is CC(C)(C)Sc1ccc(-c2ccccc2/C(N)=N/NN)cc1NC(=O)Cc1ccc(F)c(F)c1. The van der Waals surface area contributed by atoms with Crippen molar-refractivity contribution in [1.29, 1.82) is 0 Å². The summed E-state index contributed by atoms with van der Waals surface area (Å²) in [7, 11) is 0. The number of hydrazone groups is 1. The first-order valence-corrected chi connectivity index (χ1v) is 11.3. The Kier molecular flexibility index (Phi) is 7.90. The zero-order valence-corrected chi connectivity index (χ0v) is 20.0. The summed E-state index contributed by atoms with van der Waals surface area (Å²) in [4.78, 5) is 13.7. The Morgan fingerprint density at radius 3 is 2.44 bits per heavy atom. The molecule has 0 spiro atoms. The molecule has 3 aromatic carbocycles. The predicted octanol–water partition coefficient (Wildman–Crippen LogP) is 4.79. The van der Waals surface area contributed by atoms with E-state index in [0.717, 1.165) is 28.2 Å². The third-order valence-corrected chi connectivity index (χ3v) is 5.91. The van der Waals surface area contributed by atoms with E-state index in [1.165, 1.54) is 6.07 Å². The van der Waals surface area contributed by atoms with Crippen LogP contribution in [-0.2, 0) is 11.2 Å². The number of anilines is 1. The van der Waals surface area contributed by atoms with Crippen molar-refractivity contribution in [2.24, 2.45) is 16.7 Å². The number of nitrogens with two attached hydrogens (primary N) is 2. The van der Waals surface area contributed by atoms with Crippen LogP contribution >= 0.6 is 11.8 Å². The fourth-order valence-corrected chi connectivity index (χ4v) is 4.35. The normalized spacial score (nSPS) is 11.9. The zero-order valence-electron chi connectivity index (χ0n) is 19.2. The van der Waals surface area contributed by atoms with Crippen LogP contribution in [0, 0.1) is 11.6 Å². The van der Waals surface area contributed by atoms with Crippen molar-refractivity contribution in [3.63, 3.8) is 0 Å². The van der Waals surface area contributed by atoms with Crippen LogP contribution < -0.4 is 22.4 Å². The van der Waals surface area contributed by atoms with Gasteiger partial charge in [-0.15, -0.1) is 16.9 Å². The van der Waals surface area contributed by atoms with Gasteiger partial charge in [0.25, 0.3) is 0 Å². The van der Waals surface area contributed by atoms with Crippen LogP contribution in [0.15, 0.2) is 70.7 Å². The van der Waals surface area contributed by atoms with E-state index in [1.54, 1.807) is 11.8 Å². The van der Waals surface area contributed by atoms with Gasteiger partial charge in [0.15, 0.2) is 17.5 Å². The number of rotatable bonds is 7. The second-order valence-corrected chi connectivity index (χ2v) is 10.4. The van der Waals surface area contributed by atoms with Crippen LogP contribution in [0.5, 0.6) is 0 Å². The molecule has 0 saturated carbocycles. The fourth-order valence-electron chi connectivity index (χ4n) is 3.33. The van der Waals surface area contributed by atoms with Crippen LogP contribution in [0.2, 0.25) is 0 Å². The van der Waals surface area contributed by atoms with Crippen molar-refractivity contribution in [2.75, 3.05) is 5.32 Å². The molecule has 0 aromatic heterocycles. The molecular formula is C25H27F2N5OS. The van der Waals surface area contributed by atoms with Gasteiger partial charge in [-0.2, -0.15) is 0 Å². The Morgan fingerprint density at radius 2 is 1.76 bits per heavy atom. The number of amides is 1. The molecule has 6 N–H and O–H groups in total. The van der Waals surface area contributed by atoms with Crippen molar-refractivity contribution in [3.8, 4) is 11.1 Å². The molecule has 0 bridgehead atoms.